The van der Waals surface area contributed by atoms with Crippen LogP contribution in [0.5, 0.6) is 0 Å². The molecule has 0 aliphatic carbocycles. The van der Waals surface area contributed by atoms with E-state index in [1.807, 2.05) is 20.8 Å². The second-order valence-electron chi connectivity index (χ2n) is 5.58. The van der Waals surface area contributed by atoms with Crippen molar-refractivity contribution in [3.8, 4) is 0 Å². The Morgan fingerprint density at radius 2 is 1.88 bits per heavy atom. The third kappa shape index (κ3) is 4.74. The molecule has 0 saturated carbocycles. The molecule has 0 saturated heterocycles. The fraction of sp³-hybridized carbons (Fsp3) is 0.438. The van der Waals surface area contributed by atoms with Crippen LogP contribution >= 0.6 is 0 Å². The second-order valence-corrected chi connectivity index (χ2v) is 5.58. The van der Waals surface area contributed by atoms with Gasteiger partial charge in [-0.1, -0.05) is 22.9 Å². The van der Waals surface area contributed by atoms with Gasteiger partial charge in [0.2, 0.25) is 11.7 Å². The molecular formula is C16H20F2N4O2. The molecule has 0 aliphatic rings. The van der Waals surface area contributed by atoms with Gasteiger partial charge in [-0.05, 0) is 43.9 Å². The van der Waals surface area contributed by atoms with E-state index in [1.165, 1.54) is 22.3 Å². The predicted octanol–water partition coefficient (Wildman–Crippen LogP) is 2.97. The van der Waals surface area contributed by atoms with Gasteiger partial charge in [0.1, 0.15) is 0 Å². The van der Waals surface area contributed by atoms with Crippen molar-refractivity contribution in [2.45, 2.75) is 40.2 Å². The maximum Gasteiger partial charge on any atom is 0.315 e. The zero-order chi connectivity index (χ0) is 17.7. The number of benzene rings is 1. The zero-order valence-corrected chi connectivity index (χ0v) is 13.8. The minimum absolute atomic E-state index is 0.0642. The molecule has 2 N–H and O–H groups in total. The van der Waals surface area contributed by atoms with Gasteiger partial charge in [-0.3, -0.25) is 0 Å². The molecule has 0 bridgehead atoms. The monoisotopic (exact) mass is 338 g/mol. The molecule has 0 aliphatic heterocycles. The van der Waals surface area contributed by atoms with Crippen LogP contribution in [0.25, 0.3) is 0 Å². The summed E-state index contributed by atoms with van der Waals surface area (Å²) in [5, 5.41) is 8.31. The summed E-state index contributed by atoms with van der Waals surface area (Å²) >= 11 is 0. The molecule has 1 aromatic heterocycles. The van der Waals surface area contributed by atoms with Crippen molar-refractivity contribution in [2.75, 3.05) is 6.54 Å². The van der Waals surface area contributed by atoms with Gasteiger partial charge in [-0.15, -0.1) is 0 Å². The van der Waals surface area contributed by atoms with Gasteiger partial charge in [-0.25, -0.2) is 13.6 Å². The first-order valence-electron chi connectivity index (χ1n) is 7.56. The number of halogens is 2. The summed E-state index contributed by atoms with van der Waals surface area (Å²) in [5.74, 6) is -0.747. The summed E-state index contributed by atoms with van der Waals surface area (Å²) in [4.78, 5) is 15.2. The van der Waals surface area contributed by atoms with Gasteiger partial charge in [0.15, 0.2) is 0 Å². The minimum Gasteiger partial charge on any atom is -0.338 e. The van der Waals surface area contributed by atoms with E-state index in [-0.39, 0.29) is 12.4 Å². The second kappa shape index (κ2) is 7.85. The number of alkyl halides is 2. The summed E-state index contributed by atoms with van der Waals surface area (Å²) in [6, 6.07) is 3.80. The highest BCUT2D eigenvalue weighted by molar-refractivity contribution is 5.73. The Morgan fingerprint density at radius 1 is 1.21 bits per heavy atom. The maximum absolute atomic E-state index is 12.3. The zero-order valence-electron chi connectivity index (χ0n) is 13.8. The first kappa shape index (κ1) is 17.8. The lowest BCUT2D eigenvalue weighted by Gasteiger charge is -2.12. The summed E-state index contributed by atoms with van der Waals surface area (Å²) in [7, 11) is 0. The Balaban J connectivity index is 1.77. The van der Waals surface area contributed by atoms with E-state index in [4.69, 9.17) is 0 Å². The molecule has 0 fully saturated rings. The SMILES string of the molecule is Cc1cc(C)c(CCNC(=O)NCc2nc(C(F)F)no2)c(C)c1. The summed E-state index contributed by atoms with van der Waals surface area (Å²) in [6.45, 7) is 6.50. The minimum atomic E-state index is -2.79. The van der Waals surface area contributed by atoms with Crippen molar-refractivity contribution < 1.29 is 18.1 Å². The normalized spacial score (nSPS) is 10.9. The molecule has 0 radical (unpaired) electrons. The number of carbonyl (C=O) groups is 1. The van der Waals surface area contributed by atoms with E-state index < -0.39 is 18.3 Å². The van der Waals surface area contributed by atoms with Crippen molar-refractivity contribution in [3.05, 3.63) is 46.1 Å². The standard InChI is InChI=1S/C16H20F2N4O2/c1-9-6-10(2)12(11(3)7-9)4-5-19-16(23)20-8-13-21-15(14(17)18)22-24-13/h6-7,14H,4-5,8H2,1-3H3,(H2,19,20,23). The average molecular weight is 338 g/mol. The fourth-order valence-electron chi connectivity index (χ4n) is 2.55. The van der Waals surface area contributed by atoms with Gasteiger partial charge in [0.25, 0.3) is 0 Å². The number of aromatic nitrogens is 2. The van der Waals surface area contributed by atoms with Crippen LogP contribution in [-0.2, 0) is 13.0 Å². The molecule has 6 nitrogen and oxygen atoms in total. The maximum atomic E-state index is 12.3. The molecule has 0 unspecified atom stereocenters. The van der Waals surface area contributed by atoms with Crippen LogP contribution in [0.2, 0.25) is 0 Å². The van der Waals surface area contributed by atoms with E-state index in [1.54, 1.807) is 0 Å². The van der Waals surface area contributed by atoms with Crippen LogP contribution < -0.4 is 10.6 Å². The number of nitrogens with one attached hydrogen (secondary N) is 2. The van der Waals surface area contributed by atoms with Gasteiger partial charge in [0, 0.05) is 6.54 Å². The number of carbonyl (C=O) groups excluding carboxylic acids is 1. The predicted molar refractivity (Wildman–Crippen MR) is 83.9 cm³/mol. The highest BCUT2D eigenvalue weighted by Crippen LogP contribution is 2.16. The third-order valence-corrected chi connectivity index (χ3v) is 3.58. The highest BCUT2D eigenvalue weighted by atomic mass is 19.3. The lowest BCUT2D eigenvalue weighted by molar-refractivity contribution is 0.136. The Bertz CT molecular complexity index is 693. The van der Waals surface area contributed by atoms with E-state index in [9.17, 15) is 13.6 Å². The molecule has 1 aromatic carbocycles. The number of rotatable bonds is 6. The topological polar surface area (TPSA) is 80.0 Å². The molecule has 0 spiro atoms. The molecule has 1 heterocycles. The molecule has 24 heavy (non-hydrogen) atoms. The molecular weight excluding hydrogens is 318 g/mol. The number of aryl methyl sites for hydroxylation is 3. The van der Waals surface area contributed by atoms with Crippen molar-refractivity contribution in [1.29, 1.82) is 0 Å². The van der Waals surface area contributed by atoms with Gasteiger partial charge < -0.3 is 15.2 Å². The van der Waals surface area contributed by atoms with Crippen molar-refractivity contribution in [1.82, 2.24) is 20.8 Å². The number of urea groups is 1. The Morgan fingerprint density at radius 3 is 2.46 bits per heavy atom. The van der Waals surface area contributed by atoms with Gasteiger partial charge in [0.05, 0.1) is 6.54 Å². The first-order chi connectivity index (χ1) is 11.4. The quantitative estimate of drug-likeness (QED) is 0.848. The van der Waals surface area contributed by atoms with Gasteiger partial charge in [-0.2, -0.15) is 4.98 Å². The van der Waals surface area contributed by atoms with E-state index in [0.29, 0.717) is 13.0 Å². The number of nitrogens with zero attached hydrogens (tertiary/aromatic N) is 2. The van der Waals surface area contributed by atoms with Crippen LogP contribution in [0.3, 0.4) is 0 Å². The smallest absolute Gasteiger partial charge is 0.315 e. The van der Waals surface area contributed by atoms with E-state index in [2.05, 4.69) is 37.4 Å². The number of amides is 2. The van der Waals surface area contributed by atoms with Crippen LogP contribution in [0.15, 0.2) is 16.7 Å². The van der Waals surface area contributed by atoms with Crippen LogP contribution in [-0.4, -0.2) is 22.7 Å². The number of hydrogen-bond acceptors (Lipinski definition) is 4. The van der Waals surface area contributed by atoms with Gasteiger partial charge >= 0.3 is 12.5 Å². The Hall–Kier alpha value is -2.51. The highest BCUT2D eigenvalue weighted by Gasteiger charge is 2.16. The molecule has 2 aromatic rings. The van der Waals surface area contributed by atoms with Crippen molar-refractivity contribution in [3.63, 3.8) is 0 Å². The fourth-order valence-corrected chi connectivity index (χ4v) is 2.55. The summed E-state index contributed by atoms with van der Waals surface area (Å²) < 4.78 is 29.2. The van der Waals surface area contributed by atoms with E-state index in [0.717, 1.165) is 0 Å². The molecule has 0 atom stereocenters. The van der Waals surface area contributed by atoms with Crippen LogP contribution in [0.1, 0.15) is 40.4 Å². The molecule has 2 rings (SSSR count). The first-order valence-corrected chi connectivity index (χ1v) is 7.56. The van der Waals surface area contributed by atoms with E-state index >= 15 is 0 Å². The molecule has 130 valence electrons. The van der Waals surface area contributed by atoms with Crippen molar-refractivity contribution in [2.24, 2.45) is 0 Å². The molecule has 8 heteroatoms. The Labute approximate surface area is 138 Å². The lowest BCUT2D eigenvalue weighted by Crippen LogP contribution is -2.36. The lowest BCUT2D eigenvalue weighted by atomic mass is 9.97. The van der Waals surface area contributed by atoms with Crippen molar-refractivity contribution >= 4 is 6.03 Å². The van der Waals surface area contributed by atoms with Crippen LogP contribution in [0, 0.1) is 20.8 Å². The Kier molecular flexibility index (Phi) is 5.83. The molecule has 2 amide bonds. The third-order valence-electron chi connectivity index (χ3n) is 3.58. The summed E-state index contributed by atoms with van der Waals surface area (Å²) in [6.07, 6.45) is -2.08. The van der Waals surface area contributed by atoms with Crippen LogP contribution in [0.4, 0.5) is 13.6 Å². The average Bonchev–Trinajstić information content (AvgIpc) is 2.97. The summed E-state index contributed by atoms with van der Waals surface area (Å²) in [5.41, 5.74) is 4.81. The largest absolute Gasteiger partial charge is 0.338 e. The number of hydrogen-bond donors (Lipinski definition) is 2.